The highest BCUT2D eigenvalue weighted by molar-refractivity contribution is 4.73. The minimum absolute atomic E-state index is 0.119. The van der Waals surface area contributed by atoms with E-state index < -0.39 is 12.2 Å². The topological polar surface area (TPSA) is 3.24 Å². The van der Waals surface area contributed by atoms with E-state index in [1.165, 1.54) is 11.9 Å². The lowest BCUT2D eigenvalue weighted by atomic mass is 10.2. The summed E-state index contributed by atoms with van der Waals surface area (Å²) in [5.41, 5.74) is 0. The Labute approximate surface area is 65.2 Å². The van der Waals surface area contributed by atoms with Crippen LogP contribution in [0, 0.1) is 0 Å². The summed E-state index contributed by atoms with van der Waals surface area (Å²) in [6, 6.07) is -1.28. The average molecular weight is 169 g/mol. The van der Waals surface area contributed by atoms with E-state index in [9.17, 15) is 13.2 Å². The van der Waals surface area contributed by atoms with E-state index in [0.29, 0.717) is 6.54 Å². The van der Waals surface area contributed by atoms with Crippen LogP contribution in [0.2, 0.25) is 0 Å². The van der Waals surface area contributed by atoms with Crippen molar-refractivity contribution in [3.63, 3.8) is 0 Å². The van der Waals surface area contributed by atoms with E-state index >= 15 is 0 Å². The van der Waals surface area contributed by atoms with Crippen LogP contribution >= 0.6 is 0 Å². The number of halogens is 3. The van der Waals surface area contributed by atoms with E-state index in [-0.39, 0.29) is 6.42 Å². The predicted molar refractivity (Wildman–Crippen MR) is 38.4 cm³/mol. The molecule has 0 radical (unpaired) electrons. The number of hydrogen-bond donors (Lipinski definition) is 0. The quantitative estimate of drug-likeness (QED) is 0.626. The van der Waals surface area contributed by atoms with Crippen molar-refractivity contribution >= 4 is 0 Å². The molecule has 0 N–H and O–H groups in total. The maximum absolute atomic E-state index is 12.1. The summed E-state index contributed by atoms with van der Waals surface area (Å²) in [6.07, 6.45) is -3.96. The predicted octanol–water partition coefficient (Wildman–Crippen LogP) is 2.28. The summed E-state index contributed by atoms with van der Waals surface area (Å²) in [7, 11) is 1.49. The molecular weight excluding hydrogens is 155 g/mol. The summed E-state index contributed by atoms with van der Waals surface area (Å²) in [4.78, 5) is 1.31. The van der Waals surface area contributed by atoms with Gasteiger partial charge in [-0.1, -0.05) is 13.8 Å². The molecule has 0 saturated heterocycles. The highest BCUT2D eigenvalue weighted by atomic mass is 19.4. The largest absolute Gasteiger partial charge is 0.404 e. The summed E-state index contributed by atoms with van der Waals surface area (Å²) < 4.78 is 36.3. The third-order valence-corrected chi connectivity index (χ3v) is 1.80. The third kappa shape index (κ3) is 3.10. The molecule has 0 heterocycles. The Hall–Kier alpha value is -0.250. The zero-order valence-corrected chi connectivity index (χ0v) is 7.07. The van der Waals surface area contributed by atoms with Crippen molar-refractivity contribution in [2.45, 2.75) is 32.5 Å². The SMILES string of the molecule is CCC(N(C)CC)C(F)(F)F. The number of alkyl halides is 3. The molecule has 0 spiro atoms. The number of nitrogens with zero attached hydrogens (tertiary/aromatic N) is 1. The summed E-state index contributed by atoms with van der Waals surface area (Å²) in [6.45, 7) is 3.69. The van der Waals surface area contributed by atoms with Crippen molar-refractivity contribution in [2.75, 3.05) is 13.6 Å². The Balaban J connectivity index is 4.16. The molecule has 0 aliphatic rings. The van der Waals surface area contributed by atoms with E-state index in [0.717, 1.165) is 0 Å². The van der Waals surface area contributed by atoms with Crippen LogP contribution in [0.3, 0.4) is 0 Å². The second kappa shape index (κ2) is 3.95. The second-order valence-corrected chi connectivity index (χ2v) is 2.54. The maximum Gasteiger partial charge on any atom is 0.404 e. The first kappa shape index (κ1) is 10.8. The molecule has 4 heteroatoms. The van der Waals surface area contributed by atoms with E-state index in [1.54, 1.807) is 13.8 Å². The van der Waals surface area contributed by atoms with E-state index in [4.69, 9.17) is 0 Å². The molecule has 11 heavy (non-hydrogen) atoms. The van der Waals surface area contributed by atoms with Crippen LogP contribution < -0.4 is 0 Å². The van der Waals surface area contributed by atoms with Gasteiger partial charge in [0, 0.05) is 0 Å². The van der Waals surface area contributed by atoms with Crippen molar-refractivity contribution in [3.8, 4) is 0 Å². The van der Waals surface area contributed by atoms with Gasteiger partial charge in [0.15, 0.2) is 0 Å². The van der Waals surface area contributed by atoms with E-state index in [2.05, 4.69) is 0 Å². The molecule has 0 aromatic heterocycles. The van der Waals surface area contributed by atoms with Gasteiger partial charge in [-0.2, -0.15) is 13.2 Å². The van der Waals surface area contributed by atoms with Gasteiger partial charge >= 0.3 is 6.18 Å². The van der Waals surface area contributed by atoms with Crippen molar-refractivity contribution in [3.05, 3.63) is 0 Å². The Bertz CT molecular complexity index is 111. The summed E-state index contributed by atoms with van der Waals surface area (Å²) in [5.74, 6) is 0. The molecular formula is C7H14F3N. The number of hydrogen-bond acceptors (Lipinski definition) is 1. The van der Waals surface area contributed by atoms with Crippen LogP contribution in [-0.4, -0.2) is 30.7 Å². The zero-order valence-electron chi connectivity index (χ0n) is 7.07. The summed E-state index contributed by atoms with van der Waals surface area (Å²) >= 11 is 0. The lowest BCUT2D eigenvalue weighted by Crippen LogP contribution is -2.42. The molecule has 0 aliphatic heterocycles. The van der Waals surface area contributed by atoms with Gasteiger partial charge in [0.05, 0.1) is 0 Å². The highest BCUT2D eigenvalue weighted by Gasteiger charge is 2.40. The fourth-order valence-corrected chi connectivity index (χ4v) is 1.01. The van der Waals surface area contributed by atoms with Gasteiger partial charge in [0.1, 0.15) is 6.04 Å². The Kier molecular flexibility index (Phi) is 3.86. The number of rotatable bonds is 3. The molecule has 0 saturated carbocycles. The van der Waals surface area contributed by atoms with Crippen LogP contribution in [0.5, 0.6) is 0 Å². The van der Waals surface area contributed by atoms with Crippen LogP contribution in [0.15, 0.2) is 0 Å². The van der Waals surface area contributed by atoms with Gasteiger partial charge in [-0.25, -0.2) is 0 Å². The van der Waals surface area contributed by atoms with Crippen LogP contribution in [-0.2, 0) is 0 Å². The minimum Gasteiger partial charge on any atom is -0.296 e. The third-order valence-electron chi connectivity index (χ3n) is 1.80. The second-order valence-electron chi connectivity index (χ2n) is 2.54. The first-order valence-electron chi connectivity index (χ1n) is 3.70. The van der Waals surface area contributed by atoms with Crippen molar-refractivity contribution < 1.29 is 13.2 Å². The minimum atomic E-state index is -4.08. The maximum atomic E-state index is 12.1. The average Bonchev–Trinajstić information content (AvgIpc) is 1.86. The Morgan fingerprint density at radius 2 is 1.73 bits per heavy atom. The smallest absolute Gasteiger partial charge is 0.296 e. The molecule has 1 nitrogen and oxygen atoms in total. The van der Waals surface area contributed by atoms with Crippen molar-refractivity contribution in [1.29, 1.82) is 0 Å². The normalized spacial score (nSPS) is 15.5. The fourth-order valence-electron chi connectivity index (χ4n) is 1.01. The van der Waals surface area contributed by atoms with E-state index in [1.807, 2.05) is 0 Å². The van der Waals surface area contributed by atoms with Crippen molar-refractivity contribution in [1.82, 2.24) is 4.90 Å². The Morgan fingerprint density at radius 1 is 1.27 bits per heavy atom. The van der Waals surface area contributed by atoms with Crippen molar-refractivity contribution in [2.24, 2.45) is 0 Å². The monoisotopic (exact) mass is 169 g/mol. The van der Waals surface area contributed by atoms with Crippen LogP contribution in [0.4, 0.5) is 13.2 Å². The van der Waals surface area contributed by atoms with Crippen LogP contribution in [0.25, 0.3) is 0 Å². The summed E-state index contributed by atoms with van der Waals surface area (Å²) in [5, 5.41) is 0. The Morgan fingerprint density at radius 3 is 1.82 bits per heavy atom. The molecule has 0 amide bonds. The molecule has 0 fully saturated rings. The van der Waals surface area contributed by atoms with Gasteiger partial charge in [-0.15, -0.1) is 0 Å². The lowest BCUT2D eigenvalue weighted by Gasteiger charge is -2.27. The molecule has 0 aliphatic carbocycles. The molecule has 0 bridgehead atoms. The van der Waals surface area contributed by atoms with Gasteiger partial charge in [0.2, 0.25) is 0 Å². The zero-order chi connectivity index (χ0) is 9.07. The first-order chi connectivity index (χ1) is 4.93. The van der Waals surface area contributed by atoms with Gasteiger partial charge in [-0.3, -0.25) is 4.90 Å². The van der Waals surface area contributed by atoms with Crippen LogP contribution in [0.1, 0.15) is 20.3 Å². The fraction of sp³-hybridized carbons (Fsp3) is 1.00. The molecule has 68 valence electrons. The molecule has 0 aromatic carbocycles. The molecule has 0 rings (SSSR count). The van der Waals surface area contributed by atoms with Gasteiger partial charge in [0.25, 0.3) is 0 Å². The molecule has 1 unspecified atom stereocenters. The standard InChI is InChI=1S/C7H14F3N/c1-4-6(7(8,9)10)11(3)5-2/h6H,4-5H2,1-3H3. The first-order valence-corrected chi connectivity index (χ1v) is 3.70. The van der Waals surface area contributed by atoms with Gasteiger partial charge in [-0.05, 0) is 20.0 Å². The lowest BCUT2D eigenvalue weighted by molar-refractivity contribution is -0.180. The molecule has 1 atom stereocenters. The highest BCUT2D eigenvalue weighted by Crippen LogP contribution is 2.25. The van der Waals surface area contributed by atoms with Gasteiger partial charge < -0.3 is 0 Å². The molecule has 0 aromatic rings.